The van der Waals surface area contributed by atoms with E-state index in [0.29, 0.717) is 29.8 Å². The third-order valence-electron chi connectivity index (χ3n) is 4.43. The molecule has 0 unspecified atom stereocenters. The summed E-state index contributed by atoms with van der Waals surface area (Å²) in [6.07, 6.45) is 0. The average molecular weight is 364 g/mol. The molecule has 1 spiro atoms. The van der Waals surface area contributed by atoms with E-state index >= 15 is 0 Å². The van der Waals surface area contributed by atoms with Gasteiger partial charge >= 0.3 is 0 Å². The van der Waals surface area contributed by atoms with Gasteiger partial charge in [0.05, 0.1) is 25.4 Å². The van der Waals surface area contributed by atoms with Crippen LogP contribution >= 0.6 is 23.2 Å². The number of para-hydroxylation sites is 1. The minimum atomic E-state index is -1.32. The molecular formula is C18H15Cl2NO3. The molecule has 4 nitrogen and oxygen atoms in total. The monoisotopic (exact) mass is 363 g/mol. The minimum absolute atomic E-state index is 0.213. The lowest BCUT2D eigenvalue weighted by molar-refractivity contribution is -0.180. The van der Waals surface area contributed by atoms with E-state index in [1.807, 2.05) is 31.2 Å². The van der Waals surface area contributed by atoms with E-state index in [2.05, 4.69) is 0 Å². The van der Waals surface area contributed by atoms with Crippen molar-refractivity contribution >= 4 is 34.8 Å². The van der Waals surface area contributed by atoms with Gasteiger partial charge in [-0.2, -0.15) is 0 Å². The van der Waals surface area contributed by atoms with Crippen molar-refractivity contribution in [3.63, 3.8) is 0 Å². The topological polar surface area (TPSA) is 38.8 Å². The van der Waals surface area contributed by atoms with E-state index in [1.54, 1.807) is 17.0 Å². The Morgan fingerprint density at radius 3 is 2.62 bits per heavy atom. The molecule has 1 saturated heterocycles. The number of anilines is 1. The minimum Gasteiger partial charge on any atom is -0.336 e. The van der Waals surface area contributed by atoms with E-state index < -0.39 is 5.79 Å². The van der Waals surface area contributed by atoms with Gasteiger partial charge < -0.3 is 14.4 Å². The Labute approximate surface area is 149 Å². The zero-order chi connectivity index (χ0) is 16.9. The molecule has 1 fully saturated rings. The van der Waals surface area contributed by atoms with Crippen molar-refractivity contribution in [3.8, 4) is 0 Å². The first-order valence-electron chi connectivity index (χ1n) is 7.67. The van der Waals surface area contributed by atoms with Gasteiger partial charge in [-0.05, 0) is 30.2 Å². The molecule has 0 N–H and O–H groups in total. The first-order chi connectivity index (χ1) is 11.5. The largest absolute Gasteiger partial charge is 0.336 e. The van der Waals surface area contributed by atoms with Crippen LogP contribution in [0.15, 0.2) is 36.4 Å². The van der Waals surface area contributed by atoms with Crippen molar-refractivity contribution in [2.75, 3.05) is 18.1 Å². The summed E-state index contributed by atoms with van der Waals surface area (Å²) in [6, 6.07) is 11.0. The number of aryl methyl sites for hydroxylation is 1. The Morgan fingerprint density at radius 2 is 1.92 bits per heavy atom. The maximum Gasteiger partial charge on any atom is 0.292 e. The van der Waals surface area contributed by atoms with Crippen LogP contribution in [-0.4, -0.2) is 19.1 Å². The second kappa shape index (κ2) is 5.74. The summed E-state index contributed by atoms with van der Waals surface area (Å²) in [5.74, 6) is -1.53. The van der Waals surface area contributed by atoms with Crippen LogP contribution in [0.5, 0.6) is 0 Å². The molecule has 4 rings (SSSR count). The third-order valence-corrected chi connectivity index (χ3v) is 5.01. The molecule has 2 aromatic carbocycles. The van der Waals surface area contributed by atoms with Gasteiger partial charge in [0, 0.05) is 15.6 Å². The van der Waals surface area contributed by atoms with Crippen LogP contribution in [0.2, 0.25) is 10.0 Å². The lowest BCUT2D eigenvalue weighted by Crippen LogP contribution is -2.41. The number of nitrogens with zero attached hydrogens (tertiary/aromatic N) is 1. The molecule has 0 aliphatic carbocycles. The van der Waals surface area contributed by atoms with Crippen LogP contribution in [-0.2, 0) is 26.6 Å². The summed E-state index contributed by atoms with van der Waals surface area (Å²) in [6.45, 7) is 3.10. The molecule has 0 aromatic heterocycles. The molecule has 2 aliphatic rings. The summed E-state index contributed by atoms with van der Waals surface area (Å²) in [7, 11) is 0. The molecule has 0 saturated carbocycles. The number of hydrogen-bond acceptors (Lipinski definition) is 3. The second-order valence-electron chi connectivity index (χ2n) is 5.91. The van der Waals surface area contributed by atoms with Crippen molar-refractivity contribution in [3.05, 3.63) is 63.1 Å². The molecule has 2 aliphatic heterocycles. The predicted octanol–water partition coefficient (Wildman–Crippen LogP) is 4.05. The van der Waals surface area contributed by atoms with Gasteiger partial charge in [-0.15, -0.1) is 0 Å². The smallest absolute Gasteiger partial charge is 0.292 e. The summed E-state index contributed by atoms with van der Waals surface area (Å²) in [5, 5.41) is 1.09. The summed E-state index contributed by atoms with van der Waals surface area (Å²) in [5.41, 5.74) is 3.39. The fourth-order valence-electron chi connectivity index (χ4n) is 3.34. The third kappa shape index (κ3) is 2.25. The van der Waals surface area contributed by atoms with E-state index in [1.165, 1.54) is 0 Å². The highest BCUT2D eigenvalue weighted by atomic mass is 35.5. The second-order valence-corrected chi connectivity index (χ2v) is 6.76. The lowest BCUT2D eigenvalue weighted by atomic mass is 10.0. The van der Waals surface area contributed by atoms with Crippen molar-refractivity contribution < 1.29 is 14.3 Å². The molecule has 124 valence electrons. The summed E-state index contributed by atoms with van der Waals surface area (Å²) >= 11 is 12.3. The van der Waals surface area contributed by atoms with Crippen molar-refractivity contribution in [1.82, 2.24) is 0 Å². The van der Waals surface area contributed by atoms with Crippen LogP contribution in [0, 0.1) is 6.92 Å². The number of carbonyl (C=O) groups is 1. The van der Waals surface area contributed by atoms with Crippen LogP contribution in [0.3, 0.4) is 0 Å². The van der Waals surface area contributed by atoms with Gasteiger partial charge in [-0.1, -0.05) is 47.5 Å². The molecule has 2 heterocycles. The average Bonchev–Trinajstić information content (AvgIpc) is 3.12. The van der Waals surface area contributed by atoms with E-state index in [-0.39, 0.29) is 5.91 Å². The number of amides is 1. The molecule has 0 atom stereocenters. The number of fused-ring (bicyclic) bond motifs is 2. The lowest BCUT2D eigenvalue weighted by Gasteiger charge is -2.22. The molecule has 6 heteroatoms. The highest BCUT2D eigenvalue weighted by Crippen LogP contribution is 2.47. The quantitative estimate of drug-likeness (QED) is 0.807. The fourth-order valence-corrected chi connectivity index (χ4v) is 3.81. The van der Waals surface area contributed by atoms with E-state index in [4.69, 9.17) is 32.7 Å². The van der Waals surface area contributed by atoms with Crippen molar-refractivity contribution in [2.24, 2.45) is 0 Å². The Balaban J connectivity index is 1.80. The zero-order valence-corrected chi connectivity index (χ0v) is 14.5. The molecule has 1 amide bonds. The van der Waals surface area contributed by atoms with Gasteiger partial charge in [0.2, 0.25) is 0 Å². The number of ether oxygens (including phenoxy) is 2. The molecule has 2 aromatic rings. The molecular weight excluding hydrogens is 349 g/mol. The van der Waals surface area contributed by atoms with Crippen molar-refractivity contribution in [2.45, 2.75) is 19.3 Å². The highest BCUT2D eigenvalue weighted by Gasteiger charge is 2.56. The highest BCUT2D eigenvalue weighted by molar-refractivity contribution is 6.35. The normalized spacial score (nSPS) is 18.5. The maximum atomic E-state index is 13.1. The Kier molecular flexibility index (Phi) is 3.81. The van der Waals surface area contributed by atoms with Crippen molar-refractivity contribution in [1.29, 1.82) is 0 Å². The molecule has 0 radical (unpaired) electrons. The van der Waals surface area contributed by atoms with Crippen LogP contribution in [0.4, 0.5) is 5.69 Å². The number of carbonyl (C=O) groups excluding carboxylic acids is 1. The van der Waals surface area contributed by atoms with Gasteiger partial charge in [-0.3, -0.25) is 4.79 Å². The maximum absolute atomic E-state index is 13.1. The number of rotatable bonds is 2. The zero-order valence-electron chi connectivity index (χ0n) is 13.0. The van der Waals surface area contributed by atoms with Gasteiger partial charge in [0.25, 0.3) is 11.7 Å². The van der Waals surface area contributed by atoms with Crippen LogP contribution < -0.4 is 4.90 Å². The van der Waals surface area contributed by atoms with E-state index in [0.717, 1.165) is 22.4 Å². The van der Waals surface area contributed by atoms with Crippen LogP contribution in [0.1, 0.15) is 16.7 Å². The standard InChI is InChI=1S/C18H15Cl2NO3/c1-11-3-2-4-14-16(11)21(17(22)18(14)23-7-8-24-18)10-12-5-6-13(19)9-15(12)20/h2-6,9H,7-8,10H2,1H3. The van der Waals surface area contributed by atoms with Gasteiger partial charge in [0.1, 0.15) is 0 Å². The first kappa shape index (κ1) is 15.9. The van der Waals surface area contributed by atoms with Crippen LogP contribution in [0.25, 0.3) is 0 Å². The summed E-state index contributed by atoms with van der Waals surface area (Å²) < 4.78 is 11.5. The number of hydrogen-bond donors (Lipinski definition) is 0. The summed E-state index contributed by atoms with van der Waals surface area (Å²) in [4.78, 5) is 14.8. The van der Waals surface area contributed by atoms with Gasteiger partial charge in [0.15, 0.2) is 0 Å². The number of benzene rings is 2. The predicted molar refractivity (Wildman–Crippen MR) is 92.4 cm³/mol. The Morgan fingerprint density at radius 1 is 1.17 bits per heavy atom. The Hall–Kier alpha value is -1.59. The molecule has 0 bridgehead atoms. The number of halogens is 2. The Bertz CT molecular complexity index is 831. The molecule has 24 heavy (non-hydrogen) atoms. The first-order valence-corrected chi connectivity index (χ1v) is 8.42. The SMILES string of the molecule is Cc1cccc2c1N(Cc1ccc(Cl)cc1Cl)C(=O)C21OCCO1. The van der Waals surface area contributed by atoms with Gasteiger partial charge in [-0.25, -0.2) is 0 Å². The fraction of sp³-hybridized carbons (Fsp3) is 0.278. The van der Waals surface area contributed by atoms with E-state index in [9.17, 15) is 4.79 Å².